The second kappa shape index (κ2) is 9.77. The molecule has 0 aliphatic rings. The summed E-state index contributed by atoms with van der Waals surface area (Å²) in [4.78, 5) is 15.2. The zero-order chi connectivity index (χ0) is 27.2. The maximum absolute atomic E-state index is 5.10. The van der Waals surface area contributed by atoms with Gasteiger partial charge in [-0.3, -0.25) is 0 Å². The van der Waals surface area contributed by atoms with Crippen molar-refractivity contribution in [3.63, 3.8) is 0 Å². The van der Waals surface area contributed by atoms with Crippen LogP contribution in [0.5, 0.6) is 0 Å². The first kappa shape index (κ1) is 23.7. The van der Waals surface area contributed by atoms with Gasteiger partial charge in [0.05, 0.1) is 32.6 Å². The molecular weight excluding hydrogens is 518 g/mol. The fraction of sp³-hybridized carbons (Fsp3) is 0. The average molecular weight is 542 g/mol. The third kappa shape index (κ3) is 4.26. The van der Waals surface area contributed by atoms with Crippen LogP contribution in [0.1, 0.15) is 0 Å². The first-order valence-electron chi connectivity index (χ1n) is 13.6. The van der Waals surface area contributed by atoms with Crippen molar-refractivity contribution in [1.82, 2.24) is 15.0 Å². The molecule has 0 radical (unpaired) electrons. The second-order valence-corrected chi connectivity index (χ2v) is 11.1. The van der Waals surface area contributed by atoms with Gasteiger partial charge in [-0.15, -0.1) is 11.3 Å². The maximum Gasteiger partial charge on any atom is 0.124 e. The summed E-state index contributed by atoms with van der Waals surface area (Å²) in [6.45, 7) is 0. The van der Waals surface area contributed by atoms with E-state index in [1.165, 1.54) is 15.5 Å². The van der Waals surface area contributed by atoms with Crippen molar-refractivity contribution >= 4 is 43.4 Å². The van der Waals surface area contributed by atoms with Crippen molar-refractivity contribution in [2.75, 3.05) is 0 Å². The minimum absolute atomic E-state index is 0.884. The first-order valence-corrected chi connectivity index (χ1v) is 14.4. The van der Waals surface area contributed by atoms with Crippen LogP contribution < -0.4 is 0 Å². The molecule has 4 heteroatoms. The number of hydrogen-bond acceptors (Lipinski definition) is 4. The van der Waals surface area contributed by atoms with Gasteiger partial charge < -0.3 is 0 Å². The molecule has 3 nitrogen and oxygen atoms in total. The molecule has 0 amide bonds. The van der Waals surface area contributed by atoms with Gasteiger partial charge >= 0.3 is 0 Å². The van der Waals surface area contributed by atoms with Crippen LogP contribution in [0.15, 0.2) is 140 Å². The number of para-hydroxylation sites is 2. The van der Waals surface area contributed by atoms with Crippen molar-refractivity contribution in [3.05, 3.63) is 140 Å². The monoisotopic (exact) mass is 541 g/mol. The number of hydrogen-bond donors (Lipinski definition) is 0. The molecule has 6 aromatic carbocycles. The Labute approximate surface area is 241 Å². The lowest BCUT2D eigenvalue weighted by Crippen LogP contribution is -1.95. The van der Waals surface area contributed by atoms with Gasteiger partial charge in [0, 0.05) is 22.1 Å². The van der Waals surface area contributed by atoms with E-state index < -0.39 is 0 Å². The molecule has 0 aliphatic heterocycles. The van der Waals surface area contributed by atoms with E-state index in [4.69, 9.17) is 15.0 Å². The van der Waals surface area contributed by atoms with Crippen LogP contribution >= 0.6 is 11.3 Å². The molecule has 41 heavy (non-hydrogen) atoms. The normalized spacial score (nSPS) is 11.4. The highest BCUT2D eigenvalue weighted by atomic mass is 32.1. The van der Waals surface area contributed by atoms with E-state index in [0.717, 1.165) is 60.8 Å². The Balaban J connectivity index is 1.24. The average Bonchev–Trinajstić information content (AvgIpc) is 3.50. The number of nitrogens with zero attached hydrogens (tertiary/aromatic N) is 3. The highest BCUT2D eigenvalue weighted by Crippen LogP contribution is 2.37. The standard InChI is InChI=1S/C37H23N3S/c1-3-10-24(11-4-1)34-35(39-32-17-8-7-16-31(32)38-34)29-15-9-14-26(23-29)27-18-20-30-28(22-27)19-21-33-36(30)40-37(41-33)25-12-5-2-6-13-25/h1-23H. The fourth-order valence-electron chi connectivity index (χ4n) is 5.45. The summed E-state index contributed by atoms with van der Waals surface area (Å²) in [5.74, 6) is 0. The van der Waals surface area contributed by atoms with Crippen LogP contribution in [0.4, 0.5) is 0 Å². The number of aromatic nitrogens is 3. The Kier molecular flexibility index (Phi) is 5.64. The van der Waals surface area contributed by atoms with Crippen LogP contribution in [0.3, 0.4) is 0 Å². The van der Waals surface area contributed by atoms with Gasteiger partial charge in [0.1, 0.15) is 5.01 Å². The molecule has 0 aliphatic carbocycles. The molecule has 0 N–H and O–H groups in total. The van der Waals surface area contributed by atoms with Gasteiger partial charge in [-0.05, 0) is 46.8 Å². The molecule has 0 saturated carbocycles. The summed E-state index contributed by atoms with van der Waals surface area (Å²) in [6.07, 6.45) is 0. The molecule has 0 atom stereocenters. The molecule has 0 fully saturated rings. The molecule has 0 spiro atoms. The van der Waals surface area contributed by atoms with E-state index in [0.29, 0.717) is 0 Å². The lowest BCUT2D eigenvalue weighted by Gasteiger charge is -2.12. The van der Waals surface area contributed by atoms with Gasteiger partial charge in [-0.25, -0.2) is 15.0 Å². The van der Waals surface area contributed by atoms with Gasteiger partial charge in [-0.2, -0.15) is 0 Å². The Morgan fingerprint density at radius 3 is 1.78 bits per heavy atom. The summed E-state index contributed by atoms with van der Waals surface area (Å²) in [6, 6.07) is 48.5. The van der Waals surface area contributed by atoms with Crippen LogP contribution in [0.25, 0.3) is 76.2 Å². The van der Waals surface area contributed by atoms with Gasteiger partial charge in [0.15, 0.2) is 0 Å². The van der Waals surface area contributed by atoms with Crippen LogP contribution in [0, 0.1) is 0 Å². The van der Waals surface area contributed by atoms with Gasteiger partial charge in [-0.1, -0.05) is 109 Å². The number of fused-ring (bicyclic) bond motifs is 4. The van der Waals surface area contributed by atoms with E-state index in [2.05, 4.69) is 91.0 Å². The molecule has 192 valence electrons. The summed E-state index contributed by atoms with van der Waals surface area (Å²) in [7, 11) is 0. The van der Waals surface area contributed by atoms with E-state index in [1.807, 2.05) is 48.5 Å². The Morgan fingerprint density at radius 1 is 0.415 bits per heavy atom. The number of benzene rings is 6. The lowest BCUT2D eigenvalue weighted by atomic mass is 9.97. The highest BCUT2D eigenvalue weighted by Gasteiger charge is 2.15. The first-order chi connectivity index (χ1) is 20.3. The van der Waals surface area contributed by atoms with Crippen molar-refractivity contribution < 1.29 is 0 Å². The quantitative estimate of drug-likeness (QED) is 0.222. The molecule has 0 bridgehead atoms. The van der Waals surface area contributed by atoms with Crippen molar-refractivity contribution in [2.24, 2.45) is 0 Å². The Hall–Kier alpha value is -5.19. The molecule has 2 aromatic heterocycles. The van der Waals surface area contributed by atoms with E-state index in [9.17, 15) is 0 Å². The third-order valence-corrected chi connectivity index (χ3v) is 8.55. The summed E-state index contributed by atoms with van der Waals surface area (Å²) >= 11 is 1.74. The van der Waals surface area contributed by atoms with Crippen LogP contribution in [-0.2, 0) is 0 Å². The predicted octanol–water partition coefficient (Wildman–Crippen LogP) is 10.1. The minimum atomic E-state index is 0.884. The fourth-order valence-corrected chi connectivity index (χ4v) is 6.44. The minimum Gasteiger partial charge on any atom is -0.244 e. The molecule has 2 heterocycles. The van der Waals surface area contributed by atoms with Crippen molar-refractivity contribution in [2.45, 2.75) is 0 Å². The number of thiazole rings is 1. The molecule has 8 aromatic rings. The molecule has 0 saturated heterocycles. The maximum atomic E-state index is 5.10. The van der Waals surface area contributed by atoms with E-state index >= 15 is 0 Å². The molecular formula is C37H23N3S. The SMILES string of the molecule is c1ccc(-c2nc3c(ccc4cc(-c5cccc(-c6nc7ccccc7nc6-c6ccccc6)c5)ccc43)s2)cc1. The summed E-state index contributed by atoms with van der Waals surface area (Å²) in [5.41, 5.74) is 10.2. The zero-order valence-electron chi connectivity index (χ0n) is 22.0. The lowest BCUT2D eigenvalue weighted by molar-refractivity contribution is 1.29. The predicted molar refractivity (Wildman–Crippen MR) is 172 cm³/mol. The smallest absolute Gasteiger partial charge is 0.124 e. The Morgan fingerprint density at radius 2 is 1.02 bits per heavy atom. The van der Waals surface area contributed by atoms with E-state index in [1.54, 1.807) is 11.3 Å². The number of rotatable bonds is 4. The third-order valence-electron chi connectivity index (χ3n) is 7.48. The Bertz CT molecular complexity index is 2200. The molecule has 0 unspecified atom stereocenters. The summed E-state index contributed by atoms with van der Waals surface area (Å²) < 4.78 is 1.20. The van der Waals surface area contributed by atoms with Crippen molar-refractivity contribution in [1.29, 1.82) is 0 Å². The van der Waals surface area contributed by atoms with Crippen LogP contribution in [-0.4, -0.2) is 15.0 Å². The van der Waals surface area contributed by atoms with Crippen molar-refractivity contribution in [3.8, 4) is 44.2 Å². The largest absolute Gasteiger partial charge is 0.244 e. The topological polar surface area (TPSA) is 38.7 Å². The van der Waals surface area contributed by atoms with Crippen LogP contribution in [0.2, 0.25) is 0 Å². The second-order valence-electron chi connectivity index (χ2n) is 10.1. The zero-order valence-corrected chi connectivity index (χ0v) is 22.8. The van der Waals surface area contributed by atoms with E-state index in [-0.39, 0.29) is 0 Å². The molecule has 8 rings (SSSR count). The van der Waals surface area contributed by atoms with Gasteiger partial charge in [0.25, 0.3) is 0 Å². The summed E-state index contributed by atoms with van der Waals surface area (Å²) in [5, 5.41) is 3.41. The van der Waals surface area contributed by atoms with Gasteiger partial charge in [0.2, 0.25) is 0 Å². The highest BCUT2D eigenvalue weighted by molar-refractivity contribution is 7.21.